The molecule has 1 rings (SSSR count). The molecule has 0 fully saturated rings. The minimum absolute atomic E-state index is 0.0856. The zero-order valence-electron chi connectivity index (χ0n) is 9.71. The summed E-state index contributed by atoms with van der Waals surface area (Å²) in [5.41, 5.74) is 0. The van der Waals surface area contributed by atoms with Crippen molar-refractivity contribution in [1.82, 2.24) is 4.90 Å². The summed E-state index contributed by atoms with van der Waals surface area (Å²) >= 11 is 10.5. The van der Waals surface area contributed by atoms with Crippen LogP contribution in [0.4, 0.5) is 0 Å². The second-order valence-electron chi connectivity index (χ2n) is 4.96. The van der Waals surface area contributed by atoms with Gasteiger partial charge in [0.2, 0.25) is 0 Å². The third kappa shape index (κ3) is 4.76. The zero-order chi connectivity index (χ0) is 12.3. The standard InChI is InChI=1S/C9H17Br3N2OSi/c1-16(2,3)5-4-15-6-14-8(11)7(10)13-9(14)12/h7-8H,4-6H2,1-3H3. The number of hydrogen-bond acceptors (Lipinski definition) is 3. The lowest BCUT2D eigenvalue weighted by Crippen LogP contribution is -2.34. The maximum absolute atomic E-state index is 5.68. The fourth-order valence-electron chi connectivity index (χ4n) is 1.15. The maximum Gasteiger partial charge on any atom is 0.172 e. The number of hydrogen-bond donors (Lipinski definition) is 0. The monoisotopic (exact) mass is 434 g/mol. The van der Waals surface area contributed by atoms with Gasteiger partial charge in [0, 0.05) is 14.7 Å². The first-order valence-corrected chi connectivity index (χ1v) is 11.5. The minimum atomic E-state index is -0.988. The van der Waals surface area contributed by atoms with Crippen LogP contribution in [-0.4, -0.2) is 41.0 Å². The predicted octanol–water partition coefficient (Wildman–Crippen LogP) is 3.81. The molecule has 0 amide bonds. The Hall–Kier alpha value is 1.09. The second kappa shape index (κ2) is 6.31. The fourth-order valence-corrected chi connectivity index (χ4v) is 3.91. The van der Waals surface area contributed by atoms with Crippen LogP contribution in [0.3, 0.4) is 0 Å². The number of amidine groups is 1. The van der Waals surface area contributed by atoms with Crippen LogP contribution in [-0.2, 0) is 4.74 Å². The molecule has 0 aromatic carbocycles. The van der Waals surface area contributed by atoms with Crippen LogP contribution in [0.25, 0.3) is 0 Å². The Bertz CT molecular complexity index is 270. The van der Waals surface area contributed by atoms with Gasteiger partial charge in [0.25, 0.3) is 0 Å². The number of halogens is 3. The molecule has 3 nitrogen and oxygen atoms in total. The van der Waals surface area contributed by atoms with Crippen molar-refractivity contribution < 1.29 is 4.74 Å². The van der Waals surface area contributed by atoms with Gasteiger partial charge in [-0.15, -0.1) is 0 Å². The molecule has 0 aromatic heterocycles. The summed E-state index contributed by atoms with van der Waals surface area (Å²) in [6.45, 7) is 8.47. The van der Waals surface area contributed by atoms with E-state index in [1.165, 1.54) is 6.04 Å². The quantitative estimate of drug-likeness (QED) is 0.283. The van der Waals surface area contributed by atoms with Crippen molar-refractivity contribution in [1.29, 1.82) is 0 Å². The molecule has 7 heteroatoms. The Morgan fingerprint density at radius 1 is 1.38 bits per heavy atom. The molecule has 0 aromatic rings. The van der Waals surface area contributed by atoms with Gasteiger partial charge in [-0.3, -0.25) is 0 Å². The van der Waals surface area contributed by atoms with Crippen LogP contribution >= 0.6 is 47.8 Å². The van der Waals surface area contributed by atoms with Crippen LogP contribution < -0.4 is 0 Å². The molecule has 0 bridgehead atoms. The normalized spacial score (nSPS) is 26.1. The lowest BCUT2D eigenvalue weighted by Gasteiger charge is -2.23. The summed E-state index contributed by atoms with van der Waals surface area (Å²) in [4.78, 5) is 6.63. The van der Waals surface area contributed by atoms with E-state index in [9.17, 15) is 0 Å². The van der Waals surface area contributed by atoms with Crippen LogP contribution in [0, 0.1) is 0 Å². The van der Waals surface area contributed by atoms with E-state index in [0.717, 1.165) is 11.4 Å². The Morgan fingerprint density at radius 2 is 2.00 bits per heavy atom. The average molecular weight is 437 g/mol. The number of nitrogens with zero attached hydrogens (tertiary/aromatic N) is 2. The largest absolute Gasteiger partial charge is 0.361 e. The highest BCUT2D eigenvalue weighted by Crippen LogP contribution is 2.28. The molecule has 2 unspecified atom stereocenters. The van der Waals surface area contributed by atoms with Gasteiger partial charge >= 0.3 is 0 Å². The van der Waals surface area contributed by atoms with Crippen molar-refractivity contribution in [3.05, 3.63) is 0 Å². The Labute approximate surface area is 123 Å². The highest BCUT2D eigenvalue weighted by Gasteiger charge is 2.31. The summed E-state index contributed by atoms with van der Waals surface area (Å²) in [5.74, 6) is 0. The summed E-state index contributed by atoms with van der Waals surface area (Å²) in [6.07, 6.45) is 0. The van der Waals surface area contributed by atoms with Gasteiger partial charge in [0.05, 0.1) is 0 Å². The average Bonchev–Trinajstić information content (AvgIpc) is 2.36. The van der Waals surface area contributed by atoms with Crippen molar-refractivity contribution >= 4 is 60.6 Å². The number of aliphatic imine (C=N–C) groups is 1. The summed E-state index contributed by atoms with van der Waals surface area (Å²) in [7, 11) is -0.988. The molecule has 0 spiro atoms. The van der Waals surface area contributed by atoms with Crippen LogP contribution in [0.2, 0.25) is 25.7 Å². The van der Waals surface area contributed by atoms with Crippen molar-refractivity contribution in [2.75, 3.05) is 13.3 Å². The molecule has 16 heavy (non-hydrogen) atoms. The zero-order valence-corrected chi connectivity index (χ0v) is 15.5. The molecule has 1 heterocycles. The SMILES string of the molecule is C[Si](C)(C)CCOCN1C(Br)=NC(Br)C1Br. The van der Waals surface area contributed by atoms with E-state index in [-0.39, 0.29) is 9.90 Å². The first kappa shape index (κ1) is 15.1. The molecule has 0 N–H and O–H groups in total. The third-order valence-electron chi connectivity index (χ3n) is 2.22. The maximum atomic E-state index is 5.68. The van der Waals surface area contributed by atoms with E-state index >= 15 is 0 Å². The molecule has 0 saturated heterocycles. The highest BCUT2D eigenvalue weighted by atomic mass is 79.9. The van der Waals surface area contributed by atoms with Crippen molar-refractivity contribution in [2.45, 2.75) is 35.6 Å². The van der Waals surface area contributed by atoms with E-state index in [0.29, 0.717) is 6.73 Å². The first-order valence-electron chi connectivity index (χ1n) is 5.17. The molecular weight excluding hydrogens is 420 g/mol. The van der Waals surface area contributed by atoms with Crippen LogP contribution in [0.15, 0.2) is 4.99 Å². The number of alkyl halides is 2. The Kier molecular flexibility index (Phi) is 5.97. The van der Waals surface area contributed by atoms with E-state index in [1.807, 2.05) is 4.90 Å². The summed E-state index contributed by atoms with van der Waals surface area (Å²) < 4.78 is 6.52. The first-order chi connectivity index (χ1) is 7.31. The van der Waals surface area contributed by atoms with Gasteiger partial charge in [0.15, 0.2) is 4.74 Å². The number of ether oxygens (including phenoxy) is 1. The van der Waals surface area contributed by atoms with Gasteiger partial charge in [-0.2, -0.15) is 0 Å². The highest BCUT2D eigenvalue weighted by molar-refractivity contribution is 9.18. The lowest BCUT2D eigenvalue weighted by molar-refractivity contribution is 0.0757. The Balaban J connectivity index is 2.26. The smallest absolute Gasteiger partial charge is 0.172 e. The molecule has 1 aliphatic rings. The topological polar surface area (TPSA) is 24.8 Å². The van der Waals surface area contributed by atoms with E-state index in [2.05, 4.69) is 72.4 Å². The number of rotatable bonds is 5. The van der Waals surface area contributed by atoms with Gasteiger partial charge in [0.1, 0.15) is 16.6 Å². The fraction of sp³-hybridized carbons (Fsp3) is 0.889. The molecule has 94 valence electrons. The molecule has 1 aliphatic heterocycles. The van der Waals surface area contributed by atoms with Gasteiger partial charge in [-0.25, -0.2) is 4.99 Å². The minimum Gasteiger partial charge on any atom is -0.361 e. The van der Waals surface area contributed by atoms with Gasteiger partial charge in [-0.1, -0.05) is 51.5 Å². The van der Waals surface area contributed by atoms with Crippen molar-refractivity contribution in [3.63, 3.8) is 0 Å². The van der Waals surface area contributed by atoms with E-state index < -0.39 is 8.07 Å². The molecule has 0 saturated carbocycles. The van der Waals surface area contributed by atoms with E-state index in [4.69, 9.17) is 4.74 Å². The van der Waals surface area contributed by atoms with Crippen molar-refractivity contribution in [3.8, 4) is 0 Å². The van der Waals surface area contributed by atoms with Crippen LogP contribution in [0.1, 0.15) is 0 Å². The van der Waals surface area contributed by atoms with Crippen LogP contribution in [0.5, 0.6) is 0 Å². The molecular formula is C9H17Br3N2OSi. The predicted molar refractivity (Wildman–Crippen MR) is 82.6 cm³/mol. The summed E-state index contributed by atoms with van der Waals surface area (Å²) in [5, 5.41) is 0. The molecule has 0 radical (unpaired) electrons. The van der Waals surface area contributed by atoms with Gasteiger partial charge in [-0.05, 0) is 22.0 Å². The van der Waals surface area contributed by atoms with Gasteiger partial charge < -0.3 is 9.64 Å². The lowest BCUT2D eigenvalue weighted by atomic mass is 10.6. The molecule has 0 aliphatic carbocycles. The Morgan fingerprint density at radius 3 is 2.44 bits per heavy atom. The molecule has 2 atom stereocenters. The van der Waals surface area contributed by atoms with Crippen molar-refractivity contribution in [2.24, 2.45) is 4.99 Å². The second-order valence-corrected chi connectivity index (χ2v) is 13.2. The third-order valence-corrected chi connectivity index (χ3v) is 6.99. The summed E-state index contributed by atoms with van der Waals surface area (Å²) in [6, 6.07) is 1.19. The van der Waals surface area contributed by atoms with E-state index in [1.54, 1.807) is 0 Å².